The standard InChI is InChI=1S/C28H27BrN4O5/c1-4-32(5-2)23-12-8-22(9-13-23)31-28(34)21(17-30)14-20-15-25(29)27(26(16-20)37-3)38-18-19-6-10-24(11-7-19)33(35)36/h6-16H,4-5,18H2,1-3H3,(H,31,34)/b21-14-. The van der Waals surface area contributed by atoms with Crippen molar-refractivity contribution >= 4 is 45.0 Å². The van der Waals surface area contributed by atoms with Gasteiger partial charge in [-0.2, -0.15) is 5.26 Å². The average molecular weight is 579 g/mol. The van der Waals surface area contributed by atoms with E-state index in [0.29, 0.717) is 27.2 Å². The zero-order chi connectivity index (χ0) is 27.7. The van der Waals surface area contributed by atoms with E-state index >= 15 is 0 Å². The molecule has 38 heavy (non-hydrogen) atoms. The number of carbonyl (C=O) groups is 1. The fourth-order valence-electron chi connectivity index (χ4n) is 3.69. The fraction of sp³-hybridized carbons (Fsp3) is 0.214. The van der Waals surface area contributed by atoms with Crippen LogP contribution in [0.2, 0.25) is 0 Å². The molecular weight excluding hydrogens is 552 g/mol. The molecule has 0 aliphatic heterocycles. The van der Waals surface area contributed by atoms with Gasteiger partial charge in [-0.3, -0.25) is 14.9 Å². The Balaban J connectivity index is 1.75. The van der Waals surface area contributed by atoms with Gasteiger partial charge in [-0.1, -0.05) is 0 Å². The molecule has 0 atom stereocenters. The number of amides is 1. The Hall–Kier alpha value is -4.36. The highest BCUT2D eigenvalue weighted by Gasteiger charge is 2.15. The van der Waals surface area contributed by atoms with Gasteiger partial charge >= 0.3 is 0 Å². The van der Waals surface area contributed by atoms with Crippen molar-refractivity contribution in [3.05, 3.63) is 92.0 Å². The number of ether oxygens (including phenoxy) is 2. The van der Waals surface area contributed by atoms with E-state index in [4.69, 9.17) is 9.47 Å². The van der Waals surface area contributed by atoms with E-state index in [1.54, 1.807) is 36.4 Å². The Morgan fingerprint density at radius 1 is 1.13 bits per heavy atom. The van der Waals surface area contributed by atoms with Crippen molar-refractivity contribution < 1.29 is 19.2 Å². The second-order valence-corrected chi connectivity index (χ2v) is 8.94. The van der Waals surface area contributed by atoms with Crippen LogP contribution >= 0.6 is 15.9 Å². The molecule has 10 heteroatoms. The SMILES string of the molecule is CCN(CC)c1ccc(NC(=O)/C(C#N)=C\c2cc(Br)c(OCc3ccc([N+](=O)[O-])cc3)c(OC)c2)cc1. The monoisotopic (exact) mass is 578 g/mol. The molecule has 3 aromatic rings. The summed E-state index contributed by atoms with van der Waals surface area (Å²) in [7, 11) is 1.48. The van der Waals surface area contributed by atoms with Gasteiger partial charge < -0.3 is 19.7 Å². The summed E-state index contributed by atoms with van der Waals surface area (Å²) < 4.78 is 11.9. The molecule has 1 amide bonds. The van der Waals surface area contributed by atoms with Crippen LogP contribution in [0.5, 0.6) is 11.5 Å². The van der Waals surface area contributed by atoms with E-state index in [9.17, 15) is 20.2 Å². The van der Waals surface area contributed by atoms with Crippen molar-refractivity contribution in [3.8, 4) is 17.6 Å². The lowest BCUT2D eigenvalue weighted by molar-refractivity contribution is -0.384. The number of nitro groups is 1. The molecular formula is C28H27BrN4O5. The van der Waals surface area contributed by atoms with E-state index in [2.05, 4.69) is 40.0 Å². The zero-order valence-corrected chi connectivity index (χ0v) is 22.8. The molecule has 9 nitrogen and oxygen atoms in total. The number of carbonyl (C=O) groups excluding carboxylic acids is 1. The number of nitrogens with zero attached hydrogens (tertiary/aromatic N) is 3. The number of halogens is 1. The Bertz CT molecular complexity index is 1360. The van der Waals surface area contributed by atoms with Crippen LogP contribution in [-0.4, -0.2) is 31.0 Å². The van der Waals surface area contributed by atoms with Crippen LogP contribution in [0.3, 0.4) is 0 Å². The van der Waals surface area contributed by atoms with Crippen molar-refractivity contribution in [1.82, 2.24) is 0 Å². The van der Waals surface area contributed by atoms with Gasteiger partial charge in [-0.25, -0.2) is 0 Å². The van der Waals surface area contributed by atoms with Gasteiger partial charge in [-0.15, -0.1) is 0 Å². The van der Waals surface area contributed by atoms with Crippen LogP contribution in [-0.2, 0) is 11.4 Å². The molecule has 3 aromatic carbocycles. The molecule has 1 N–H and O–H groups in total. The fourth-order valence-corrected chi connectivity index (χ4v) is 4.26. The summed E-state index contributed by atoms with van der Waals surface area (Å²) in [5.41, 5.74) is 2.85. The highest BCUT2D eigenvalue weighted by molar-refractivity contribution is 9.10. The van der Waals surface area contributed by atoms with Gasteiger partial charge in [0.25, 0.3) is 11.6 Å². The first-order chi connectivity index (χ1) is 18.3. The molecule has 0 fully saturated rings. The first kappa shape index (κ1) is 28.2. The Morgan fingerprint density at radius 2 is 1.79 bits per heavy atom. The molecule has 3 rings (SSSR count). The number of rotatable bonds is 11. The van der Waals surface area contributed by atoms with Crippen LogP contribution in [0.1, 0.15) is 25.0 Å². The van der Waals surface area contributed by atoms with Crippen molar-refractivity contribution in [2.45, 2.75) is 20.5 Å². The maximum Gasteiger partial charge on any atom is 0.269 e. The van der Waals surface area contributed by atoms with E-state index in [1.165, 1.54) is 25.3 Å². The van der Waals surface area contributed by atoms with Crippen LogP contribution in [0, 0.1) is 21.4 Å². The second-order valence-electron chi connectivity index (χ2n) is 8.09. The third-order valence-electron chi connectivity index (χ3n) is 5.71. The number of anilines is 2. The number of hydrogen-bond donors (Lipinski definition) is 1. The van der Waals surface area contributed by atoms with Gasteiger partial charge in [-0.05, 0) is 95.5 Å². The molecule has 0 bridgehead atoms. The summed E-state index contributed by atoms with van der Waals surface area (Å²) in [5.74, 6) is 0.271. The molecule has 0 radical (unpaired) electrons. The van der Waals surface area contributed by atoms with E-state index in [-0.39, 0.29) is 17.9 Å². The number of non-ortho nitro benzene ring substituents is 1. The summed E-state index contributed by atoms with van der Waals surface area (Å²) >= 11 is 3.46. The number of hydrogen-bond acceptors (Lipinski definition) is 7. The minimum atomic E-state index is -0.531. The smallest absolute Gasteiger partial charge is 0.269 e. The molecule has 196 valence electrons. The summed E-state index contributed by atoms with van der Waals surface area (Å²) in [4.78, 5) is 25.4. The maximum atomic E-state index is 12.8. The topological polar surface area (TPSA) is 118 Å². The number of benzene rings is 3. The van der Waals surface area contributed by atoms with Crippen molar-refractivity contribution in [2.24, 2.45) is 0 Å². The van der Waals surface area contributed by atoms with E-state index in [0.717, 1.165) is 24.3 Å². The third-order valence-corrected chi connectivity index (χ3v) is 6.30. The zero-order valence-electron chi connectivity index (χ0n) is 21.2. The maximum absolute atomic E-state index is 12.8. The minimum absolute atomic E-state index is 0.00219. The average Bonchev–Trinajstić information content (AvgIpc) is 2.92. The first-order valence-electron chi connectivity index (χ1n) is 11.8. The Morgan fingerprint density at radius 3 is 2.34 bits per heavy atom. The van der Waals surface area contributed by atoms with Crippen LogP contribution < -0.4 is 19.7 Å². The minimum Gasteiger partial charge on any atom is -0.493 e. The van der Waals surface area contributed by atoms with Gasteiger partial charge in [0.05, 0.1) is 16.5 Å². The first-order valence-corrected chi connectivity index (χ1v) is 12.6. The molecule has 0 unspecified atom stereocenters. The molecule has 0 saturated carbocycles. The predicted octanol–water partition coefficient (Wildman–Crippen LogP) is 6.34. The summed E-state index contributed by atoms with van der Waals surface area (Å²) in [6.45, 7) is 6.07. The molecule has 0 heterocycles. The summed E-state index contributed by atoms with van der Waals surface area (Å²) in [6, 6.07) is 18.8. The Labute approximate surface area is 229 Å². The lowest BCUT2D eigenvalue weighted by atomic mass is 10.1. The van der Waals surface area contributed by atoms with Crippen molar-refractivity contribution in [1.29, 1.82) is 5.26 Å². The second kappa shape index (κ2) is 13.3. The van der Waals surface area contributed by atoms with Gasteiger partial charge in [0.1, 0.15) is 18.2 Å². The van der Waals surface area contributed by atoms with E-state index in [1.807, 2.05) is 18.2 Å². The number of methoxy groups -OCH3 is 1. The van der Waals surface area contributed by atoms with Gasteiger partial charge in [0.2, 0.25) is 0 Å². The molecule has 0 aromatic heterocycles. The molecule has 0 saturated heterocycles. The lowest BCUT2D eigenvalue weighted by Gasteiger charge is -2.21. The van der Waals surface area contributed by atoms with Crippen LogP contribution in [0.25, 0.3) is 6.08 Å². The number of nitriles is 1. The summed E-state index contributed by atoms with van der Waals surface area (Å²) in [5, 5.41) is 23.2. The van der Waals surface area contributed by atoms with Crippen molar-refractivity contribution in [2.75, 3.05) is 30.4 Å². The van der Waals surface area contributed by atoms with Crippen molar-refractivity contribution in [3.63, 3.8) is 0 Å². The van der Waals surface area contributed by atoms with Crippen LogP contribution in [0.15, 0.2) is 70.7 Å². The van der Waals surface area contributed by atoms with Gasteiger partial charge in [0, 0.05) is 36.6 Å². The normalized spacial score (nSPS) is 10.9. The molecule has 0 aliphatic carbocycles. The lowest BCUT2D eigenvalue weighted by Crippen LogP contribution is -2.21. The molecule has 0 aliphatic rings. The molecule has 0 spiro atoms. The van der Waals surface area contributed by atoms with E-state index < -0.39 is 10.8 Å². The summed E-state index contributed by atoms with van der Waals surface area (Å²) in [6.07, 6.45) is 1.47. The highest BCUT2D eigenvalue weighted by atomic mass is 79.9. The highest BCUT2D eigenvalue weighted by Crippen LogP contribution is 2.38. The largest absolute Gasteiger partial charge is 0.493 e. The quantitative estimate of drug-likeness (QED) is 0.122. The Kier molecular flexibility index (Phi) is 9.85. The van der Waals surface area contributed by atoms with Gasteiger partial charge in [0.15, 0.2) is 11.5 Å². The predicted molar refractivity (Wildman–Crippen MR) is 150 cm³/mol. The van der Waals surface area contributed by atoms with Crippen LogP contribution in [0.4, 0.5) is 17.1 Å². The third kappa shape index (κ3) is 7.11. The number of nitro benzene ring substituents is 1. The number of nitrogens with one attached hydrogen (secondary N) is 1.